The van der Waals surface area contributed by atoms with Crippen LogP contribution >= 0.6 is 15.9 Å². The average molecular weight is 419 g/mol. The van der Waals surface area contributed by atoms with Crippen molar-refractivity contribution in [2.75, 3.05) is 40.9 Å². The van der Waals surface area contributed by atoms with Gasteiger partial charge in [-0.25, -0.2) is 0 Å². The average Bonchev–Trinajstić information content (AvgIpc) is 2.63. The first-order chi connectivity index (χ1) is 12.6. The number of nitrogens with one attached hydrogen (secondary N) is 1. The maximum Gasteiger partial charge on any atom is 0.161 e. The van der Waals surface area contributed by atoms with Crippen molar-refractivity contribution in [3.63, 3.8) is 0 Å². The summed E-state index contributed by atoms with van der Waals surface area (Å²) >= 11 is 3.58. The van der Waals surface area contributed by atoms with Gasteiger partial charge in [0.1, 0.15) is 0 Å². The maximum absolute atomic E-state index is 6.06. The molecule has 0 aliphatic carbocycles. The van der Waals surface area contributed by atoms with E-state index in [9.17, 15) is 0 Å². The summed E-state index contributed by atoms with van der Waals surface area (Å²) < 4.78 is 12.7. The Hall–Kier alpha value is -1.56. The van der Waals surface area contributed by atoms with Gasteiger partial charge in [-0.2, -0.15) is 0 Å². The second-order valence-electron chi connectivity index (χ2n) is 6.90. The Kier molecular flexibility index (Phi) is 6.57. The molecule has 1 aliphatic rings. The Labute approximate surface area is 164 Å². The molecule has 2 aromatic carbocycles. The zero-order chi connectivity index (χ0) is 18.5. The summed E-state index contributed by atoms with van der Waals surface area (Å²) in [6, 6.07) is 12.9. The number of nitrogens with zero attached hydrogens (tertiary/aromatic N) is 1. The molecule has 1 heterocycles. The second kappa shape index (κ2) is 8.89. The minimum absolute atomic E-state index is 0.172. The van der Waals surface area contributed by atoms with Crippen molar-refractivity contribution in [1.29, 1.82) is 0 Å². The quantitative estimate of drug-likeness (QED) is 0.688. The summed E-state index contributed by atoms with van der Waals surface area (Å²) in [6.45, 7) is 2.65. The predicted octanol–water partition coefficient (Wildman–Crippen LogP) is 4.02. The molecule has 0 saturated carbocycles. The second-order valence-corrected chi connectivity index (χ2v) is 7.81. The van der Waals surface area contributed by atoms with Crippen LogP contribution in [0.25, 0.3) is 0 Å². The van der Waals surface area contributed by atoms with Crippen LogP contribution in [0.5, 0.6) is 11.5 Å². The Morgan fingerprint density at radius 2 is 2.04 bits per heavy atom. The molecule has 3 rings (SSSR count). The highest BCUT2D eigenvalue weighted by Gasteiger charge is 2.24. The normalized spacial score (nSPS) is 16.4. The number of ether oxygens (including phenoxy) is 2. The highest BCUT2D eigenvalue weighted by Crippen LogP contribution is 2.38. The topological polar surface area (TPSA) is 33.7 Å². The monoisotopic (exact) mass is 418 g/mol. The van der Waals surface area contributed by atoms with Gasteiger partial charge in [0.15, 0.2) is 11.5 Å². The SMILES string of the molecule is COc1cc2c(cc1OCCCN(C)C)C(c1cccc(Br)c1)NCC2. The predicted molar refractivity (Wildman–Crippen MR) is 109 cm³/mol. The van der Waals surface area contributed by atoms with E-state index in [-0.39, 0.29) is 6.04 Å². The molecule has 4 nitrogen and oxygen atoms in total. The van der Waals surface area contributed by atoms with Gasteiger partial charge in [0.2, 0.25) is 0 Å². The van der Waals surface area contributed by atoms with Crippen LogP contribution in [-0.4, -0.2) is 45.8 Å². The third-order valence-corrected chi connectivity index (χ3v) is 5.16. The number of rotatable bonds is 7. The Bertz CT molecular complexity index is 749. The van der Waals surface area contributed by atoms with Crippen LogP contribution in [0.2, 0.25) is 0 Å². The Morgan fingerprint density at radius 1 is 1.19 bits per heavy atom. The van der Waals surface area contributed by atoms with E-state index < -0.39 is 0 Å². The molecular weight excluding hydrogens is 392 g/mol. The van der Waals surface area contributed by atoms with E-state index in [1.165, 1.54) is 16.7 Å². The molecule has 140 valence electrons. The molecule has 0 fully saturated rings. The lowest BCUT2D eigenvalue weighted by atomic mass is 9.89. The summed E-state index contributed by atoms with van der Waals surface area (Å²) in [7, 11) is 5.86. The first kappa shape index (κ1) is 19.2. The summed E-state index contributed by atoms with van der Waals surface area (Å²) in [5.41, 5.74) is 3.85. The summed E-state index contributed by atoms with van der Waals surface area (Å²) in [5, 5.41) is 3.64. The van der Waals surface area contributed by atoms with Crippen LogP contribution in [0.1, 0.15) is 29.2 Å². The molecule has 5 heteroatoms. The van der Waals surface area contributed by atoms with Crippen molar-refractivity contribution in [3.8, 4) is 11.5 Å². The van der Waals surface area contributed by atoms with Gasteiger partial charge in [0.05, 0.1) is 19.8 Å². The van der Waals surface area contributed by atoms with Gasteiger partial charge in [-0.1, -0.05) is 28.1 Å². The molecule has 1 atom stereocenters. The number of fused-ring (bicyclic) bond motifs is 1. The van der Waals surface area contributed by atoms with E-state index in [1.807, 2.05) is 0 Å². The largest absolute Gasteiger partial charge is 0.493 e. The Balaban J connectivity index is 1.87. The lowest BCUT2D eigenvalue weighted by Crippen LogP contribution is -2.30. The number of halogens is 1. The number of hydrogen-bond acceptors (Lipinski definition) is 4. The number of hydrogen-bond donors (Lipinski definition) is 1. The zero-order valence-electron chi connectivity index (χ0n) is 15.7. The van der Waals surface area contributed by atoms with Crippen molar-refractivity contribution in [2.24, 2.45) is 0 Å². The first-order valence-corrected chi connectivity index (χ1v) is 9.85. The van der Waals surface area contributed by atoms with Crippen LogP contribution in [0.4, 0.5) is 0 Å². The first-order valence-electron chi connectivity index (χ1n) is 9.05. The van der Waals surface area contributed by atoms with Gasteiger partial charge < -0.3 is 19.7 Å². The fourth-order valence-corrected chi connectivity index (χ4v) is 3.80. The van der Waals surface area contributed by atoms with Gasteiger partial charge >= 0.3 is 0 Å². The molecule has 0 spiro atoms. The van der Waals surface area contributed by atoms with E-state index in [2.05, 4.69) is 76.6 Å². The highest BCUT2D eigenvalue weighted by atomic mass is 79.9. The van der Waals surface area contributed by atoms with Gasteiger partial charge in [-0.05, 0) is 67.9 Å². The van der Waals surface area contributed by atoms with E-state index in [0.29, 0.717) is 6.61 Å². The van der Waals surface area contributed by atoms with Crippen molar-refractivity contribution in [2.45, 2.75) is 18.9 Å². The molecule has 26 heavy (non-hydrogen) atoms. The zero-order valence-corrected chi connectivity index (χ0v) is 17.3. The number of benzene rings is 2. The van der Waals surface area contributed by atoms with E-state index in [1.54, 1.807) is 7.11 Å². The smallest absolute Gasteiger partial charge is 0.161 e. The maximum atomic E-state index is 6.06. The van der Waals surface area contributed by atoms with Crippen LogP contribution < -0.4 is 14.8 Å². The fourth-order valence-electron chi connectivity index (χ4n) is 3.38. The third kappa shape index (κ3) is 4.58. The molecule has 0 bridgehead atoms. The lowest BCUT2D eigenvalue weighted by Gasteiger charge is -2.29. The standard InChI is InChI=1S/C21H27BrN2O2/c1-24(2)10-5-11-26-20-14-18-15(13-19(20)25-3)8-9-23-21(18)16-6-4-7-17(22)12-16/h4,6-7,12-14,21,23H,5,8-11H2,1-3H3. The van der Waals surface area contributed by atoms with Crippen molar-refractivity contribution in [1.82, 2.24) is 10.2 Å². The molecule has 0 radical (unpaired) electrons. The molecule has 0 saturated heterocycles. The minimum atomic E-state index is 0.172. The third-order valence-electron chi connectivity index (χ3n) is 4.67. The van der Waals surface area contributed by atoms with Crippen molar-refractivity contribution < 1.29 is 9.47 Å². The van der Waals surface area contributed by atoms with Gasteiger partial charge in [0.25, 0.3) is 0 Å². The highest BCUT2D eigenvalue weighted by molar-refractivity contribution is 9.10. The van der Waals surface area contributed by atoms with Gasteiger partial charge in [0, 0.05) is 17.6 Å². The van der Waals surface area contributed by atoms with Crippen molar-refractivity contribution >= 4 is 15.9 Å². The molecule has 2 aromatic rings. The molecular formula is C21H27BrN2O2. The molecule has 1 aliphatic heterocycles. The summed E-state index contributed by atoms with van der Waals surface area (Å²) in [6.07, 6.45) is 1.98. The van der Waals surface area contributed by atoms with Crippen LogP contribution in [-0.2, 0) is 6.42 Å². The van der Waals surface area contributed by atoms with Gasteiger partial charge in [-0.3, -0.25) is 0 Å². The van der Waals surface area contributed by atoms with E-state index in [0.717, 1.165) is 41.9 Å². The van der Waals surface area contributed by atoms with Crippen LogP contribution in [0.15, 0.2) is 40.9 Å². The Morgan fingerprint density at radius 3 is 2.77 bits per heavy atom. The molecule has 0 amide bonds. The van der Waals surface area contributed by atoms with E-state index >= 15 is 0 Å². The molecule has 1 N–H and O–H groups in total. The molecule has 1 unspecified atom stereocenters. The van der Waals surface area contributed by atoms with Crippen molar-refractivity contribution in [3.05, 3.63) is 57.6 Å². The van der Waals surface area contributed by atoms with Crippen LogP contribution in [0.3, 0.4) is 0 Å². The lowest BCUT2D eigenvalue weighted by molar-refractivity contribution is 0.267. The summed E-state index contributed by atoms with van der Waals surface area (Å²) in [5.74, 6) is 1.65. The minimum Gasteiger partial charge on any atom is -0.493 e. The van der Waals surface area contributed by atoms with Gasteiger partial charge in [-0.15, -0.1) is 0 Å². The molecule has 0 aromatic heterocycles. The van der Waals surface area contributed by atoms with E-state index in [4.69, 9.17) is 9.47 Å². The number of methoxy groups -OCH3 is 1. The fraction of sp³-hybridized carbons (Fsp3) is 0.429. The van der Waals surface area contributed by atoms with Crippen LogP contribution in [0, 0.1) is 0 Å². The summed E-state index contributed by atoms with van der Waals surface area (Å²) in [4.78, 5) is 2.17.